The van der Waals surface area contributed by atoms with Gasteiger partial charge in [0, 0.05) is 20.2 Å². The number of hydrogen-bond acceptors (Lipinski definition) is 4. The van der Waals surface area contributed by atoms with Crippen LogP contribution < -0.4 is 10.6 Å². The van der Waals surface area contributed by atoms with Crippen LogP contribution in [0.2, 0.25) is 0 Å². The van der Waals surface area contributed by atoms with Gasteiger partial charge in [-0.3, -0.25) is 0 Å². The number of carboxylic acids is 1. The van der Waals surface area contributed by atoms with Gasteiger partial charge >= 0.3 is 5.97 Å². The molecule has 2 atom stereocenters. The smallest absolute Gasteiger partial charge is 0.335 e. The van der Waals surface area contributed by atoms with E-state index in [2.05, 4.69) is 11.8 Å². The molecule has 1 aliphatic heterocycles. The van der Waals surface area contributed by atoms with Crippen molar-refractivity contribution in [3.05, 3.63) is 23.8 Å². The second-order valence-electron chi connectivity index (χ2n) is 5.06. The highest BCUT2D eigenvalue weighted by atomic mass is 16.5. The quantitative estimate of drug-likeness (QED) is 0.815. The molecule has 1 saturated heterocycles. The summed E-state index contributed by atoms with van der Waals surface area (Å²) in [7, 11) is 1.71. The molecule has 0 aliphatic carbocycles. The van der Waals surface area contributed by atoms with Crippen molar-refractivity contribution in [2.75, 3.05) is 30.8 Å². The Hall–Kier alpha value is -1.75. The number of aromatic carboxylic acids is 1. The SMILES string of the molecule is COC1CN(c2cc(C(=O)O)ccc2N)CCC1C. The normalized spacial score (nSPS) is 23.4. The average Bonchev–Trinajstić information content (AvgIpc) is 2.40. The summed E-state index contributed by atoms with van der Waals surface area (Å²) in [4.78, 5) is 13.1. The van der Waals surface area contributed by atoms with Crippen molar-refractivity contribution in [1.29, 1.82) is 0 Å². The van der Waals surface area contributed by atoms with Crippen molar-refractivity contribution in [1.82, 2.24) is 0 Å². The van der Waals surface area contributed by atoms with E-state index in [0.29, 0.717) is 11.6 Å². The fourth-order valence-electron chi connectivity index (χ4n) is 2.51. The van der Waals surface area contributed by atoms with Crippen molar-refractivity contribution in [2.45, 2.75) is 19.4 Å². The van der Waals surface area contributed by atoms with Crippen LogP contribution in [-0.4, -0.2) is 37.4 Å². The Morgan fingerprint density at radius 3 is 2.89 bits per heavy atom. The topological polar surface area (TPSA) is 75.8 Å². The number of ether oxygens (including phenoxy) is 1. The van der Waals surface area contributed by atoms with Crippen LogP contribution in [-0.2, 0) is 4.74 Å². The third-order valence-corrected chi connectivity index (χ3v) is 3.81. The summed E-state index contributed by atoms with van der Waals surface area (Å²) in [6.45, 7) is 3.78. The molecule has 1 aromatic rings. The third-order valence-electron chi connectivity index (χ3n) is 3.81. The summed E-state index contributed by atoms with van der Waals surface area (Å²) >= 11 is 0. The van der Waals surface area contributed by atoms with Crippen molar-refractivity contribution in [3.8, 4) is 0 Å². The maximum absolute atomic E-state index is 11.0. The Bertz CT molecular complexity index is 476. The molecule has 19 heavy (non-hydrogen) atoms. The van der Waals surface area contributed by atoms with Gasteiger partial charge in [-0.05, 0) is 30.5 Å². The number of carbonyl (C=O) groups is 1. The molecule has 0 spiro atoms. The lowest BCUT2D eigenvalue weighted by Crippen LogP contribution is -2.44. The van der Waals surface area contributed by atoms with E-state index in [9.17, 15) is 4.79 Å². The fourth-order valence-corrected chi connectivity index (χ4v) is 2.51. The van der Waals surface area contributed by atoms with E-state index in [1.165, 1.54) is 6.07 Å². The predicted molar refractivity (Wildman–Crippen MR) is 74.6 cm³/mol. The van der Waals surface area contributed by atoms with Crippen LogP contribution in [0.15, 0.2) is 18.2 Å². The maximum Gasteiger partial charge on any atom is 0.335 e. The molecule has 1 heterocycles. The van der Waals surface area contributed by atoms with Gasteiger partial charge in [0.15, 0.2) is 0 Å². The first kappa shape index (κ1) is 13.7. The van der Waals surface area contributed by atoms with Crippen molar-refractivity contribution in [3.63, 3.8) is 0 Å². The standard InChI is InChI=1S/C14H20N2O3/c1-9-5-6-16(8-13(9)19-2)12-7-10(14(17)18)3-4-11(12)15/h3-4,7,9,13H,5-6,8,15H2,1-2H3,(H,17,18). The van der Waals surface area contributed by atoms with Crippen molar-refractivity contribution < 1.29 is 14.6 Å². The van der Waals surface area contributed by atoms with E-state index in [0.717, 1.165) is 25.2 Å². The number of nitrogens with two attached hydrogens (primary N) is 1. The van der Waals surface area contributed by atoms with Gasteiger partial charge < -0.3 is 20.5 Å². The predicted octanol–water partition coefficient (Wildman–Crippen LogP) is 1.83. The number of benzene rings is 1. The molecule has 0 radical (unpaired) electrons. The van der Waals surface area contributed by atoms with Crippen LogP contribution in [0.25, 0.3) is 0 Å². The average molecular weight is 264 g/mol. The molecule has 5 nitrogen and oxygen atoms in total. The second-order valence-corrected chi connectivity index (χ2v) is 5.06. The minimum Gasteiger partial charge on any atom is -0.478 e. The van der Waals surface area contributed by atoms with E-state index in [1.54, 1.807) is 19.2 Å². The van der Waals surface area contributed by atoms with Gasteiger partial charge in [0.1, 0.15) is 0 Å². The summed E-state index contributed by atoms with van der Waals surface area (Å²) in [5.41, 5.74) is 7.62. The number of anilines is 2. The number of rotatable bonds is 3. The Labute approximate surface area is 113 Å². The van der Waals surface area contributed by atoms with Crippen molar-refractivity contribution in [2.24, 2.45) is 5.92 Å². The van der Waals surface area contributed by atoms with Gasteiger partial charge in [0.05, 0.1) is 23.0 Å². The molecule has 5 heteroatoms. The molecule has 2 rings (SSSR count). The number of nitrogens with zero attached hydrogens (tertiary/aromatic N) is 1. The summed E-state index contributed by atoms with van der Waals surface area (Å²) < 4.78 is 5.47. The zero-order valence-electron chi connectivity index (χ0n) is 11.3. The molecule has 0 amide bonds. The van der Waals surface area contributed by atoms with E-state index >= 15 is 0 Å². The van der Waals surface area contributed by atoms with Gasteiger partial charge in [-0.25, -0.2) is 4.79 Å². The maximum atomic E-state index is 11.0. The largest absolute Gasteiger partial charge is 0.478 e. The summed E-state index contributed by atoms with van der Waals surface area (Å²) in [6.07, 6.45) is 1.16. The third kappa shape index (κ3) is 2.81. The number of nitrogen functional groups attached to an aromatic ring is 1. The highest BCUT2D eigenvalue weighted by Gasteiger charge is 2.27. The summed E-state index contributed by atoms with van der Waals surface area (Å²) in [5.74, 6) is -0.431. The van der Waals surface area contributed by atoms with E-state index < -0.39 is 5.97 Å². The van der Waals surface area contributed by atoms with E-state index in [-0.39, 0.29) is 11.7 Å². The molecule has 104 valence electrons. The number of piperidine rings is 1. The monoisotopic (exact) mass is 264 g/mol. The molecule has 0 bridgehead atoms. The summed E-state index contributed by atoms with van der Waals surface area (Å²) in [6, 6.07) is 4.82. The van der Waals surface area contributed by atoms with Crippen LogP contribution in [0.3, 0.4) is 0 Å². The number of hydrogen-bond donors (Lipinski definition) is 2. The Morgan fingerprint density at radius 2 is 2.26 bits per heavy atom. The molecular formula is C14H20N2O3. The molecule has 1 aliphatic rings. The minimum atomic E-state index is -0.935. The first-order valence-electron chi connectivity index (χ1n) is 6.43. The van der Waals surface area contributed by atoms with E-state index in [4.69, 9.17) is 15.6 Å². The number of methoxy groups -OCH3 is 1. The Morgan fingerprint density at radius 1 is 1.53 bits per heavy atom. The number of carboxylic acid groups (broad SMARTS) is 1. The van der Waals surface area contributed by atoms with Gasteiger partial charge in [-0.2, -0.15) is 0 Å². The van der Waals surface area contributed by atoms with Crippen molar-refractivity contribution >= 4 is 17.3 Å². The highest BCUT2D eigenvalue weighted by molar-refractivity contribution is 5.90. The first-order chi connectivity index (χ1) is 9.02. The Kier molecular flexibility index (Phi) is 3.95. The lowest BCUT2D eigenvalue weighted by molar-refractivity contribution is 0.0499. The summed E-state index contributed by atoms with van der Waals surface area (Å²) in [5, 5.41) is 9.05. The second kappa shape index (κ2) is 5.48. The molecule has 3 N–H and O–H groups in total. The van der Waals surface area contributed by atoms with E-state index in [1.807, 2.05) is 0 Å². The zero-order chi connectivity index (χ0) is 14.0. The molecule has 0 saturated carbocycles. The van der Waals surface area contributed by atoms with Gasteiger partial charge in [0.25, 0.3) is 0 Å². The fraction of sp³-hybridized carbons (Fsp3) is 0.500. The zero-order valence-corrected chi connectivity index (χ0v) is 11.3. The van der Waals surface area contributed by atoms with Gasteiger partial charge in [-0.1, -0.05) is 6.92 Å². The Balaban J connectivity index is 2.26. The highest BCUT2D eigenvalue weighted by Crippen LogP contribution is 2.30. The van der Waals surface area contributed by atoms with Crippen LogP contribution in [0.4, 0.5) is 11.4 Å². The minimum absolute atomic E-state index is 0.154. The first-order valence-corrected chi connectivity index (χ1v) is 6.43. The van der Waals surface area contributed by atoms with Crippen LogP contribution in [0.5, 0.6) is 0 Å². The molecule has 1 fully saturated rings. The molecule has 0 aromatic heterocycles. The van der Waals surface area contributed by atoms with Crippen LogP contribution >= 0.6 is 0 Å². The molecule has 2 unspecified atom stereocenters. The molecule has 1 aromatic carbocycles. The van der Waals surface area contributed by atoms with Crippen LogP contribution in [0.1, 0.15) is 23.7 Å². The molecular weight excluding hydrogens is 244 g/mol. The lowest BCUT2D eigenvalue weighted by atomic mass is 9.95. The van der Waals surface area contributed by atoms with Gasteiger partial charge in [0.2, 0.25) is 0 Å². The van der Waals surface area contributed by atoms with Crippen LogP contribution in [0, 0.1) is 5.92 Å². The lowest BCUT2D eigenvalue weighted by Gasteiger charge is -2.38. The van der Waals surface area contributed by atoms with Gasteiger partial charge in [-0.15, -0.1) is 0 Å².